The zero-order valence-electron chi connectivity index (χ0n) is 12.3. The number of ketones is 1. The Morgan fingerprint density at radius 3 is 2.76 bits per heavy atom. The van der Waals surface area contributed by atoms with Crippen LogP contribution >= 0.6 is 0 Å². The molecule has 4 aliphatic rings. The van der Waals surface area contributed by atoms with Crippen LogP contribution in [0.4, 0.5) is 0 Å². The smallest absolute Gasteiger partial charge is 0.190 e. The fourth-order valence-electron chi connectivity index (χ4n) is 3.85. The third kappa shape index (κ3) is 1.89. The summed E-state index contributed by atoms with van der Waals surface area (Å²) in [6, 6.07) is 12.4. The monoisotopic (exact) mass is 272 g/mol. The average Bonchev–Trinajstić information content (AvgIpc) is 2.70. The van der Waals surface area contributed by atoms with Crippen LogP contribution in [0.15, 0.2) is 42.0 Å². The summed E-state index contributed by atoms with van der Waals surface area (Å²) >= 11 is 0. The molecule has 0 N–H and O–H groups in total. The first-order valence-corrected chi connectivity index (χ1v) is 7.65. The fourth-order valence-corrected chi connectivity index (χ4v) is 3.85. The van der Waals surface area contributed by atoms with Crippen molar-refractivity contribution in [2.45, 2.75) is 37.9 Å². The summed E-state index contributed by atoms with van der Waals surface area (Å²) in [6.07, 6.45) is 3.73. The maximum Gasteiger partial charge on any atom is 0.190 e. The van der Waals surface area contributed by atoms with Crippen LogP contribution in [0, 0.1) is 0 Å². The predicted molar refractivity (Wildman–Crippen MR) is 86.9 cm³/mol. The molecule has 2 heteroatoms. The standard InChI is InChI=1S/C19H17BO/c1-19(20)9-5-8-14-15-10-12-6-3-2-4-7-13(12)17(15)18(21)16(14)11-19/h2-4,6-7,10H,5,8-9,11H2,1H3. The highest BCUT2D eigenvalue weighted by Gasteiger charge is 2.37. The summed E-state index contributed by atoms with van der Waals surface area (Å²) in [7, 11) is 6.35. The molecule has 0 aromatic carbocycles. The van der Waals surface area contributed by atoms with Gasteiger partial charge < -0.3 is 0 Å². The Balaban J connectivity index is 1.93. The van der Waals surface area contributed by atoms with Gasteiger partial charge in [0.2, 0.25) is 0 Å². The SMILES string of the molecule is [B]C1(C)CCCC2=C(C1)C(=O)c1c2cc2cccccc1-2. The van der Waals surface area contributed by atoms with E-state index in [4.69, 9.17) is 7.85 Å². The zero-order chi connectivity index (χ0) is 14.6. The van der Waals surface area contributed by atoms with E-state index in [-0.39, 0.29) is 11.1 Å². The number of hydrogen-bond donors (Lipinski definition) is 0. The van der Waals surface area contributed by atoms with Crippen molar-refractivity contribution in [2.75, 3.05) is 0 Å². The topological polar surface area (TPSA) is 17.1 Å². The van der Waals surface area contributed by atoms with Crippen LogP contribution in [0.2, 0.25) is 5.31 Å². The molecule has 1 atom stereocenters. The highest BCUT2D eigenvalue weighted by molar-refractivity contribution is 6.26. The first-order valence-electron chi connectivity index (χ1n) is 7.65. The first kappa shape index (κ1) is 12.9. The van der Waals surface area contributed by atoms with Crippen LogP contribution in [0.25, 0.3) is 16.7 Å². The van der Waals surface area contributed by atoms with Crippen LogP contribution in [0.1, 0.15) is 48.5 Å². The Labute approximate surface area is 126 Å². The highest BCUT2D eigenvalue weighted by Crippen LogP contribution is 2.51. The Bertz CT molecular complexity index is 754. The van der Waals surface area contributed by atoms with Gasteiger partial charge in [0.25, 0.3) is 0 Å². The predicted octanol–water partition coefficient (Wildman–Crippen LogP) is 4.66. The van der Waals surface area contributed by atoms with Gasteiger partial charge in [0.05, 0.1) is 7.85 Å². The van der Waals surface area contributed by atoms with Crippen molar-refractivity contribution in [1.82, 2.24) is 0 Å². The molecule has 0 aliphatic heterocycles. The van der Waals surface area contributed by atoms with Crippen molar-refractivity contribution in [2.24, 2.45) is 0 Å². The van der Waals surface area contributed by atoms with E-state index in [1.165, 1.54) is 5.57 Å². The molecule has 4 rings (SSSR count). The maximum atomic E-state index is 12.9. The molecule has 21 heavy (non-hydrogen) atoms. The minimum atomic E-state index is -0.253. The normalized spacial score (nSPS) is 24.9. The van der Waals surface area contributed by atoms with Gasteiger partial charge in [0, 0.05) is 11.1 Å². The molecular weight excluding hydrogens is 255 g/mol. The summed E-state index contributed by atoms with van der Waals surface area (Å²) in [5, 5.41) is -0.253. The number of hydrogen-bond acceptors (Lipinski definition) is 1. The van der Waals surface area contributed by atoms with Crippen molar-refractivity contribution in [3.63, 3.8) is 0 Å². The van der Waals surface area contributed by atoms with Gasteiger partial charge in [-0.2, -0.15) is 0 Å². The molecule has 1 nitrogen and oxygen atoms in total. The van der Waals surface area contributed by atoms with Gasteiger partial charge in [-0.05, 0) is 47.6 Å². The van der Waals surface area contributed by atoms with E-state index in [0.29, 0.717) is 6.42 Å². The van der Waals surface area contributed by atoms with Crippen molar-refractivity contribution < 1.29 is 4.79 Å². The van der Waals surface area contributed by atoms with Gasteiger partial charge in [-0.15, -0.1) is 0 Å². The second-order valence-corrected chi connectivity index (χ2v) is 6.68. The molecule has 0 saturated heterocycles. The number of rotatable bonds is 0. The zero-order valence-corrected chi connectivity index (χ0v) is 12.3. The lowest BCUT2D eigenvalue weighted by Gasteiger charge is -2.23. The molecule has 2 radical (unpaired) electrons. The summed E-state index contributed by atoms with van der Waals surface area (Å²) < 4.78 is 0. The minimum absolute atomic E-state index is 0.208. The first-order chi connectivity index (χ1) is 10.1. The molecule has 0 spiro atoms. The molecular formula is C19H17BO. The Morgan fingerprint density at radius 1 is 1.10 bits per heavy atom. The molecule has 0 fully saturated rings. The van der Waals surface area contributed by atoms with E-state index in [2.05, 4.69) is 25.1 Å². The highest BCUT2D eigenvalue weighted by atomic mass is 16.1. The van der Waals surface area contributed by atoms with E-state index >= 15 is 0 Å². The molecule has 0 aromatic heterocycles. The Kier molecular flexibility index (Phi) is 2.66. The molecule has 0 saturated carbocycles. The fraction of sp³-hybridized carbons (Fsp3) is 0.316. The minimum Gasteiger partial charge on any atom is -0.289 e. The van der Waals surface area contributed by atoms with Crippen molar-refractivity contribution in [1.29, 1.82) is 0 Å². The number of carbonyl (C=O) groups is 1. The Hall–Kier alpha value is -1.83. The molecule has 102 valence electrons. The van der Waals surface area contributed by atoms with E-state index in [1.807, 2.05) is 18.2 Å². The van der Waals surface area contributed by atoms with Crippen LogP contribution in [0.3, 0.4) is 0 Å². The average molecular weight is 272 g/mol. The number of fused-ring (bicyclic) bond motifs is 4. The van der Waals surface area contributed by atoms with Crippen LogP contribution < -0.4 is 0 Å². The van der Waals surface area contributed by atoms with Gasteiger partial charge in [-0.1, -0.05) is 49.0 Å². The third-order valence-corrected chi connectivity index (χ3v) is 4.86. The lowest BCUT2D eigenvalue weighted by molar-refractivity contribution is 0.103. The Morgan fingerprint density at radius 2 is 1.90 bits per heavy atom. The summed E-state index contributed by atoms with van der Waals surface area (Å²) in [5.74, 6) is 0.208. The van der Waals surface area contributed by atoms with Gasteiger partial charge in [0.15, 0.2) is 5.78 Å². The van der Waals surface area contributed by atoms with Gasteiger partial charge in [-0.3, -0.25) is 4.79 Å². The number of allylic oxidation sites excluding steroid dienone is 2. The molecule has 0 heterocycles. The summed E-state index contributed by atoms with van der Waals surface area (Å²) in [4.78, 5) is 12.9. The van der Waals surface area contributed by atoms with Crippen molar-refractivity contribution in [3.05, 3.63) is 53.1 Å². The molecule has 4 aliphatic carbocycles. The lowest BCUT2D eigenvalue weighted by atomic mass is 9.64. The number of carbonyl (C=O) groups excluding carboxylic acids is 1. The molecule has 0 aromatic rings. The second kappa shape index (κ2) is 4.33. The second-order valence-electron chi connectivity index (χ2n) is 6.68. The van der Waals surface area contributed by atoms with Crippen LogP contribution in [-0.4, -0.2) is 13.6 Å². The quantitative estimate of drug-likeness (QED) is 0.637. The van der Waals surface area contributed by atoms with Gasteiger partial charge >= 0.3 is 0 Å². The lowest BCUT2D eigenvalue weighted by Crippen LogP contribution is -2.11. The largest absolute Gasteiger partial charge is 0.289 e. The summed E-state index contributed by atoms with van der Waals surface area (Å²) in [5.41, 5.74) is 6.52. The van der Waals surface area contributed by atoms with E-state index in [1.54, 1.807) is 0 Å². The number of Topliss-reactive ketones (excluding diaryl/α,β-unsaturated/α-hetero) is 1. The van der Waals surface area contributed by atoms with E-state index in [0.717, 1.165) is 47.1 Å². The van der Waals surface area contributed by atoms with Gasteiger partial charge in [-0.25, -0.2) is 0 Å². The molecule has 1 unspecified atom stereocenters. The van der Waals surface area contributed by atoms with E-state index < -0.39 is 0 Å². The van der Waals surface area contributed by atoms with E-state index in [9.17, 15) is 4.79 Å². The van der Waals surface area contributed by atoms with Crippen LogP contribution in [-0.2, 0) is 0 Å². The van der Waals surface area contributed by atoms with Gasteiger partial charge in [0.1, 0.15) is 0 Å². The summed E-state index contributed by atoms with van der Waals surface area (Å²) in [6.45, 7) is 2.07. The molecule has 0 amide bonds. The van der Waals surface area contributed by atoms with Crippen molar-refractivity contribution >= 4 is 19.2 Å². The van der Waals surface area contributed by atoms with Crippen LogP contribution in [0.5, 0.6) is 0 Å². The maximum absolute atomic E-state index is 12.9. The van der Waals surface area contributed by atoms with Crippen molar-refractivity contribution in [3.8, 4) is 11.1 Å². The third-order valence-electron chi connectivity index (χ3n) is 4.86. The molecule has 0 bridgehead atoms.